The normalized spacial score (nSPS) is 22.0. The third-order valence-corrected chi connectivity index (χ3v) is 2.06. The molecule has 64 valence electrons. The number of pyridine rings is 1. The van der Waals surface area contributed by atoms with Gasteiger partial charge in [-0.2, -0.15) is 0 Å². The van der Waals surface area contributed by atoms with E-state index in [0.717, 1.165) is 25.4 Å². The summed E-state index contributed by atoms with van der Waals surface area (Å²) in [7, 11) is 0. The lowest BCUT2D eigenvalue weighted by Gasteiger charge is -2.28. The van der Waals surface area contributed by atoms with Gasteiger partial charge in [0, 0.05) is 11.6 Å². The molecule has 0 bridgehead atoms. The summed E-state index contributed by atoms with van der Waals surface area (Å²) < 4.78 is 26.0. The predicted molar refractivity (Wildman–Crippen MR) is 39.5 cm³/mol. The van der Waals surface area contributed by atoms with Crippen molar-refractivity contribution >= 4 is 0 Å². The van der Waals surface area contributed by atoms with Crippen molar-refractivity contribution in [3.05, 3.63) is 29.6 Å². The molecule has 0 saturated carbocycles. The van der Waals surface area contributed by atoms with Crippen LogP contribution in [0.1, 0.15) is 18.0 Å². The molecule has 1 N–H and O–H groups in total. The van der Waals surface area contributed by atoms with Crippen molar-refractivity contribution in [2.24, 2.45) is 0 Å². The fourth-order valence-corrected chi connectivity index (χ4v) is 1.29. The summed E-state index contributed by atoms with van der Waals surface area (Å²) >= 11 is 0. The van der Waals surface area contributed by atoms with Gasteiger partial charge in [0.25, 0.3) is 0 Å². The molecule has 2 heterocycles. The summed E-state index contributed by atoms with van der Waals surface area (Å²) in [6, 6.07) is -0.159. The highest BCUT2D eigenvalue weighted by Gasteiger charge is 2.25. The second kappa shape index (κ2) is 2.79. The molecule has 4 heteroatoms. The molecule has 1 aliphatic heterocycles. The SMILES string of the molecule is Fc1cncc(F)c1[C@@H]1CCN1. The number of hydrogen-bond acceptors (Lipinski definition) is 2. The van der Waals surface area contributed by atoms with E-state index in [0.29, 0.717) is 0 Å². The van der Waals surface area contributed by atoms with Gasteiger partial charge in [-0.15, -0.1) is 0 Å². The van der Waals surface area contributed by atoms with Crippen molar-refractivity contribution in [1.29, 1.82) is 0 Å². The fraction of sp³-hybridized carbons (Fsp3) is 0.375. The van der Waals surface area contributed by atoms with E-state index in [1.165, 1.54) is 0 Å². The van der Waals surface area contributed by atoms with Gasteiger partial charge >= 0.3 is 0 Å². The van der Waals surface area contributed by atoms with Crippen molar-refractivity contribution in [2.75, 3.05) is 6.54 Å². The average Bonchev–Trinajstić information content (AvgIpc) is 1.93. The van der Waals surface area contributed by atoms with Gasteiger partial charge in [0.15, 0.2) is 0 Å². The first-order chi connectivity index (χ1) is 5.79. The quantitative estimate of drug-likeness (QED) is 0.689. The molecule has 0 spiro atoms. The number of nitrogens with one attached hydrogen (secondary N) is 1. The minimum atomic E-state index is -0.563. The zero-order chi connectivity index (χ0) is 8.55. The molecule has 12 heavy (non-hydrogen) atoms. The van der Waals surface area contributed by atoms with Crippen LogP contribution in [0.5, 0.6) is 0 Å². The van der Waals surface area contributed by atoms with E-state index in [4.69, 9.17) is 0 Å². The molecular formula is C8H8F2N2. The van der Waals surface area contributed by atoms with Crippen LogP contribution in [0, 0.1) is 11.6 Å². The monoisotopic (exact) mass is 170 g/mol. The highest BCUT2D eigenvalue weighted by Crippen LogP contribution is 2.26. The Hall–Kier alpha value is -1.03. The molecule has 1 aromatic rings. The lowest BCUT2D eigenvalue weighted by Crippen LogP contribution is -2.36. The smallest absolute Gasteiger partial charge is 0.149 e. The average molecular weight is 170 g/mol. The Labute approximate surface area is 68.6 Å². The first-order valence-corrected chi connectivity index (χ1v) is 3.81. The maximum atomic E-state index is 13.0. The first kappa shape index (κ1) is 7.61. The number of hydrogen-bond donors (Lipinski definition) is 1. The van der Waals surface area contributed by atoms with E-state index in [2.05, 4.69) is 10.3 Å². The maximum Gasteiger partial charge on any atom is 0.149 e. The number of aromatic nitrogens is 1. The molecule has 2 rings (SSSR count). The Bertz CT molecular complexity index is 277. The second-order valence-corrected chi connectivity index (χ2v) is 2.81. The van der Waals surface area contributed by atoms with Gasteiger partial charge in [0.05, 0.1) is 12.4 Å². The van der Waals surface area contributed by atoms with Crippen LogP contribution in [-0.4, -0.2) is 11.5 Å². The Morgan fingerprint density at radius 1 is 1.33 bits per heavy atom. The second-order valence-electron chi connectivity index (χ2n) is 2.81. The maximum absolute atomic E-state index is 13.0. The van der Waals surface area contributed by atoms with Gasteiger partial charge in [0.1, 0.15) is 11.6 Å². The molecule has 1 aliphatic rings. The Balaban J connectivity index is 2.39. The Morgan fingerprint density at radius 2 is 1.92 bits per heavy atom. The van der Waals surface area contributed by atoms with Crippen molar-refractivity contribution in [2.45, 2.75) is 12.5 Å². The highest BCUT2D eigenvalue weighted by atomic mass is 19.1. The van der Waals surface area contributed by atoms with Crippen molar-refractivity contribution in [3.8, 4) is 0 Å². The molecule has 2 nitrogen and oxygen atoms in total. The summed E-state index contributed by atoms with van der Waals surface area (Å²) in [6.07, 6.45) is 2.87. The summed E-state index contributed by atoms with van der Waals surface area (Å²) in [5.74, 6) is -1.13. The van der Waals surface area contributed by atoms with Crippen LogP contribution in [0.15, 0.2) is 12.4 Å². The Kier molecular flexibility index (Phi) is 1.77. The van der Waals surface area contributed by atoms with Gasteiger partial charge in [-0.1, -0.05) is 0 Å². The van der Waals surface area contributed by atoms with E-state index in [9.17, 15) is 8.78 Å². The van der Waals surface area contributed by atoms with Crippen LogP contribution in [0.25, 0.3) is 0 Å². The van der Waals surface area contributed by atoms with Crippen molar-refractivity contribution in [3.63, 3.8) is 0 Å². The molecule has 0 amide bonds. The Morgan fingerprint density at radius 3 is 2.33 bits per heavy atom. The van der Waals surface area contributed by atoms with Gasteiger partial charge in [0.2, 0.25) is 0 Å². The van der Waals surface area contributed by atoms with Crippen LogP contribution in [0.3, 0.4) is 0 Å². The van der Waals surface area contributed by atoms with Gasteiger partial charge in [-0.25, -0.2) is 8.78 Å². The molecular weight excluding hydrogens is 162 g/mol. The minimum Gasteiger partial charge on any atom is -0.310 e. The van der Waals surface area contributed by atoms with Crippen LogP contribution in [0.4, 0.5) is 8.78 Å². The van der Waals surface area contributed by atoms with E-state index >= 15 is 0 Å². The van der Waals surface area contributed by atoms with E-state index in [1.54, 1.807) is 0 Å². The standard InChI is InChI=1S/C8H8F2N2/c9-5-3-11-4-6(10)8(5)7-1-2-12-7/h3-4,7,12H,1-2H2/t7-/m0/s1. The molecule has 1 saturated heterocycles. The molecule has 1 atom stereocenters. The molecule has 1 aromatic heterocycles. The van der Waals surface area contributed by atoms with E-state index < -0.39 is 11.6 Å². The highest BCUT2D eigenvalue weighted by molar-refractivity contribution is 5.21. The first-order valence-electron chi connectivity index (χ1n) is 3.81. The lowest BCUT2D eigenvalue weighted by atomic mass is 9.98. The predicted octanol–water partition coefficient (Wildman–Crippen LogP) is 1.39. The zero-order valence-electron chi connectivity index (χ0n) is 6.35. The van der Waals surface area contributed by atoms with Crippen LogP contribution in [-0.2, 0) is 0 Å². The summed E-state index contributed by atoms with van der Waals surface area (Å²) in [5, 5.41) is 2.94. The van der Waals surface area contributed by atoms with Crippen LogP contribution >= 0.6 is 0 Å². The number of halogens is 2. The van der Waals surface area contributed by atoms with Crippen LogP contribution in [0.2, 0.25) is 0 Å². The fourth-order valence-electron chi connectivity index (χ4n) is 1.29. The molecule has 0 aromatic carbocycles. The molecule has 0 radical (unpaired) electrons. The molecule has 1 fully saturated rings. The summed E-state index contributed by atoms with van der Waals surface area (Å²) in [5.41, 5.74) is 0.122. The third kappa shape index (κ3) is 1.08. The number of rotatable bonds is 1. The third-order valence-electron chi connectivity index (χ3n) is 2.06. The largest absolute Gasteiger partial charge is 0.310 e. The van der Waals surface area contributed by atoms with Crippen LogP contribution < -0.4 is 5.32 Å². The summed E-state index contributed by atoms with van der Waals surface area (Å²) in [4.78, 5) is 3.41. The van der Waals surface area contributed by atoms with Gasteiger partial charge in [-0.05, 0) is 13.0 Å². The molecule has 0 unspecified atom stereocenters. The van der Waals surface area contributed by atoms with Crippen molar-refractivity contribution < 1.29 is 8.78 Å². The lowest BCUT2D eigenvalue weighted by molar-refractivity contribution is 0.354. The zero-order valence-corrected chi connectivity index (χ0v) is 6.35. The topological polar surface area (TPSA) is 24.9 Å². The minimum absolute atomic E-state index is 0.122. The van der Waals surface area contributed by atoms with Gasteiger partial charge < -0.3 is 5.32 Å². The van der Waals surface area contributed by atoms with Gasteiger partial charge in [-0.3, -0.25) is 4.98 Å². The van der Waals surface area contributed by atoms with E-state index in [1.807, 2.05) is 0 Å². The molecule has 0 aliphatic carbocycles. The van der Waals surface area contributed by atoms with Crippen molar-refractivity contribution in [1.82, 2.24) is 10.3 Å². The summed E-state index contributed by atoms with van der Waals surface area (Å²) in [6.45, 7) is 0.825. The van der Waals surface area contributed by atoms with E-state index in [-0.39, 0.29) is 11.6 Å². The number of nitrogens with zero attached hydrogens (tertiary/aromatic N) is 1.